The van der Waals surface area contributed by atoms with Gasteiger partial charge in [0, 0.05) is 10.8 Å². The van der Waals surface area contributed by atoms with E-state index in [1.165, 1.54) is 11.1 Å². The second kappa shape index (κ2) is 7.56. The summed E-state index contributed by atoms with van der Waals surface area (Å²) < 4.78 is 10.9. The van der Waals surface area contributed by atoms with Crippen molar-refractivity contribution < 1.29 is 14.3 Å². The summed E-state index contributed by atoms with van der Waals surface area (Å²) in [5.74, 6) is 0.612. The van der Waals surface area contributed by atoms with Crippen molar-refractivity contribution in [1.82, 2.24) is 0 Å². The Morgan fingerprint density at radius 1 is 0.920 bits per heavy atom. The van der Waals surface area contributed by atoms with Crippen LogP contribution in [0.15, 0.2) is 42.5 Å². The Labute approximate surface area is 148 Å². The average molecular weight is 336 g/mol. The van der Waals surface area contributed by atoms with E-state index in [4.69, 9.17) is 9.47 Å². The summed E-state index contributed by atoms with van der Waals surface area (Å²) in [5, 5.41) is 4.18. The highest BCUT2D eigenvalue weighted by Crippen LogP contribution is 2.39. The minimum atomic E-state index is -0.636. The number of rotatable bonds is 5. The first kappa shape index (κ1) is 17.3. The molecule has 3 aromatic carbocycles. The summed E-state index contributed by atoms with van der Waals surface area (Å²) in [4.78, 5) is 12.2. The van der Waals surface area contributed by atoms with Crippen molar-refractivity contribution in [2.75, 3.05) is 6.61 Å². The van der Waals surface area contributed by atoms with Crippen LogP contribution in [0.1, 0.15) is 38.3 Å². The van der Waals surface area contributed by atoms with E-state index in [2.05, 4.69) is 38.1 Å². The van der Waals surface area contributed by atoms with Gasteiger partial charge in [-0.1, -0.05) is 57.2 Å². The van der Waals surface area contributed by atoms with Gasteiger partial charge >= 0.3 is 6.16 Å². The average Bonchev–Trinajstić information content (AvgIpc) is 2.65. The molecule has 3 rings (SSSR count). The van der Waals surface area contributed by atoms with E-state index in [9.17, 15) is 4.79 Å². The van der Waals surface area contributed by atoms with Crippen LogP contribution in [-0.2, 0) is 17.6 Å². The zero-order chi connectivity index (χ0) is 17.8. The zero-order valence-corrected chi connectivity index (χ0v) is 15.1. The van der Waals surface area contributed by atoms with Crippen LogP contribution in [-0.4, -0.2) is 12.8 Å². The highest BCUT2D eigenvalue weighted by atomic mass is 16.7. The Bertz CT molecular complexity index is 912. The molecule has 0 saturated heterocycles. The summed E-state index contributed by atoms with van der Waals surface area (Å²) in [7, 11) is 0. The summed E-state index contributed by atoms with van der Waals surface area (Å²) >= 11 is 0. The Kier molecular flexibility index (Phi) is 5.22. The lowest BCUT2D eigenvalue weighted by atomic mass is 9.93. The van der Waals surface area contributed by atoms with Gasteiger partial charge in [-0.2, -0.15) is 0 Å². The van der Waals surface area contributed by atoms with Crippen molar-refractivity contribution >= 4 is 27.7 Å². The van der Waals surface area contributed by atoms with Crippen LogP contribution in [0.4, 0.5) is 4.79 Å². The van der Waals surface area contributed by atoms with Crippen LogP contribution in [0.3, 0.4) is 0 Å². The fourth-order valence-corrected chi connectivity index (χ4v) is 3.27. The quantitative estimate of drug-likeness (QED) is 0.323. The minimum Gasteiger partial charge on any atom is -0.434 e. The molecule has 0 fully saturated rings. The molecular formula is C22H24O3. The molecule has 0 atom stereocenters. The standard InChI is InChI=1S/C22H24O3/c1-4-13-24-22(23)25-21-18-10-8-7-9-17(18)14-19-15(5-2)11-12-16(6-3)20(19)21/h7-12,14H,4-6,13H2,1-3H3. The summed E-state index contributed by atoms with van der Waals surface area (Å²) in [6.07, 6.45) is 1.94. The maximum absolute atomic E-state index is 12.2. The van der Waals surface area contributed by atoms with Crippen LogP contribution in [0, 0.1) is 0 Å². The lowest BCUT2D eigenvalue weighted by Crippen LogP contribution is -2.12. The van der Waals surface area contributed by atoms with Gasteiger partial charge in [-0.15, -0.1) is 0 Å². The van der Waals surface area contributed by atoms with Gasteiger partial charge in [0.15, 0.2) is 0 Å². The normalized spacial score (nSPS) is 11.0. The first-order chi connectivity index (χ1) is 12.2. The molecule has 25 heavy (non-hydrogen) atoms. The SMILES string of the molecule is CCCOC(=O)Oc1c2ccccc2cc2c(CC)ccc(CC)c12. The van der Waals surface area contributed by atoms with E-state index in [0.717, 1.165) is 40.8 Å². The summed E-state index contributed by atoms with van der Waals surface area (Å²) in [6, 6.07) is 14.5. The number of carbonyl (C=O) groups is 1. The third-order valence-corrected chi connectivity index (χ3v) is 4.53. The predicted molar refractivity (Wildman–Crippen MR) is 102 cm³/mol. The molecule has 0 bridgehead atoms. The molecule has 0 spiro atoms. The molecule has 0 unspecified atom stereocenters. The molecule has 0 aromatic heterocycles. The second-order valence-electron chi connectivity index (χ2n) is 6.14. The van der Waals surface area contributed by atoms with Crippen molar-refractivity contribution in [2.45, 2.75) is 40.0 Å². The second-order valence-corrected chi connectivity index (χ2v) is 6.14. The van der Waals surface area contributed by atoms with E-state index in [1.54, 1.807) is 0 Å². The number of carbonyl (C=O) groups excluding carboxylic acids is 1. The first-order valence-corrected chi connectivity index (χ1v) is 9.00. The number of benzene rings is 3. The molecule has 0 aliphatic heterocycles. The van der Waals surface area contributed by atoms with Crippen LogP contribution in [0.5, 0.6) is 5.75 Å². The number of hydrogen-bond acceptors (Lipinski definition) is 3. The van der Waals surface area contributed by atoms with Crippen LogP contribution in [0.25, 0.3) is 21.5 Å². The van der Waals surface area contributed by atoms with Gasteiger partial charge in [0.05, 0.1) is 6.61 Å². The van der Waals surface area contributed by atoms with Crippen molar-refractivity contribution in [2.24, 2.45) is 0 Å². The van der Waals surface area contributed by atoms with Crippen LogP contribution in [0.2, 0.25) is 0 Å². The maximum atomic E-state index is 12.2. The van der Waals surface area contributed by atoms with E-state index in [0.29, 0.717) is 12.4 Å². The number of hydrogen-bond donors (Lipinski definition) is 0. The van der Waals surface area contributed by atoms with Crippen molar-refractivity contribution in [1.29, 1.82) is 0 Å². The number of aryl methyl sites for hydroxylation is 2. The van der Waals surface area contributed by atoms with Gasteiger partial charge in [0.1, 0.15) is 5.75 Å². The topological polar surface area (TPSA) is 35.5 Å². The van der Waals surface area contributed by atoms with Gasteiger partial charge in [0.2, 0.25) is 0 Å². The van der Waals surface area contributed by atoms with Gasteiger partial charge in [-0.3, -0.25) is 0 Å². The Morgan fingerprint density at radius 2 is 1.64 bits per heavy atom. The molecule has 0 aliphatic rings. The van der Waals surface area contributed by atoms with Crippen molar-refractivity contribution in [3.8, 4) is 5.75 Å². The molecule has 0 radical (unpaired) electrons. The van der Waals surface area contributed by atoms with E-state index in [-0.39, 0.29) is 0 Å². The van der Waals surface area contributed by atoms with Crippen molar-refractivity contribution in [3.63, 3.8) is 0 Å². The molecule has 0 amide bonds. The number of fused-ring (bicyclic) bond motifs is 2. The third kappa shape index (κ3) is 3.32. The lowest BCUT2D eigenvalue weighted by Gasteiger charge is -2.16. The smallest absolute Gasteiger partial charge is 0.434 e. The molecular weight excluding hydrogens is 312 g/mol. The molecule has 3 aromatic rings. The highest BCUT2D eigenvalue weighted by Gasteiger charge is 2.17. The number of ether oxygens (including phenoxy) is 2. The van der Waals surface area contributed by atoms with E-state index >= 15 is 0 Å². The molecule has 0 saturated carbocycles. The first-order valence-electron chi connectivity index (χ1n) is 9.00. The van der Waals surface area contributed by atoms with Crippen LogP contribution >= 0.6 is 0 Å². The minimum absolute atomic E-state index is 0.363. The molecule has 3 nitrogen and oxygen atoms in total. The molecule has 3 heteroatoms. The molecule has 0 N–H and O–H groups in total. The molecule has 0 heterocycles. The van der Waals surface area contributed by atoms with E-state index in [1.807, 2.05) is 25.1 Å². The van der Waals surface area contributed by atoms with Crippen molar-refractivity contribution in [3.05, 3.63) is 53.6 Å². The zero-order valence-electron chi connectivity index (χ0n) is 15.1. The van der Waals surface area contributed by atoms with Gasteiger partial charge < -0.3 is 9.47 Å². The van der Waals surface area contributed by atoms with Gasteiger partial charge in [-0.05, 0) is 47.2 Å². The summed E-state index contributed by atoms with van der Waals surface area (Å²) in [5.41, 5.74) is 2.43. The van der Waals surface area contributed by atoms with Crippen LogP contribution < -0.4 is 4.74 Å². The Morgan fingerprint density at radius 3 is 2.36 bits per heavy atom. The monoisotopic (exact) mass is 336 g/mol. The maximum Gasteiger partial charge on any atom is 0.513 e. The molecule has 130 valence electrons. The summed E-state index contributed by atoms with van der Waals surface area (Å²) in [6.45, 7) is 6.59. The Hall–Kier alpha value is -2.55. The lowest BCUT2D eigenvalue weighted by molar-refractivity contribution is 0.100. The fraction of sp³-hybridized carbons (Fsp3) is 0.318. The van der Waals surface area contributed by atoms with Gasteiger partial charge in [-0.25, -0.2) is 4.79 Å². The van der Waals surface area contributed by atoms with E-state index < -0.39 is 6.16 Å². The predicted octanol–water partition coefficient (Wildman–Crippen LogP) is 6.04. The van der Waals surface area contributed by atoms with Gasteiger partial charge in [0.25, 0.3) is 0 Å². The fourth-order valence-electron chi connectivity index (χ4n) is 3.27. The molecule has 0 aliphatic carbocycles. The highest BCUT2D eigenvalue weighted by molar-refractivity contribution is 6.08. The Balaban J connectivity index is 2.29. The third-order valence-electron chi connectivity index (χ3n) is 4.53. The largest absolute Gasteiger partial charge is 0.513 e.